The first kappa shape index (κ1) is 21.5. The SMILES string of the molecule is CN(c1ccc(OC(=O)c2ccc(-n3ccnc3)nc2)cc1)S(=O)(=O)c1ccc(Cl)cc1. The molecule has 8 nitrogen and oxygen atoms in total. The molecule has 0 atom stereocenters. The molecule has 0 aliphatic heterocycles. The van der Waals surface area contributed by atoms with E-state index in [1.165, 1.54) is 49.6 Å². The number of aromatic nitrogens is 3. The van der Waals surface area contributed by atoms with E-state index in [-0.39, 0.29) is 16.2 Å². The van der Waals surface area contributed by atoms with Crippen molar-refractivity contribution in [2.45, 2.75) is 4.90 Å². The summed E-state index contributed by atoms with van der Waals surface area (Å²) in [6, 6.07) is 15.3. The molecule has 0 radical (unpaired) electrons. The molecule has 10 heteroatoms. The van der Waals surface area contributed by atoms with Crippen molar-refractivity contribution in [2.24, 2.45) is 0 Å². The van der Waals surface area contributed by atoms with E-state index in [1.807, 2.05) is 0 Å². The van der Waals surface area contributed by atoms with Crippen LogP contribution in [0.2, 0.25) is 5.02 Å². The Balaban J connectivity index is 1.45. The summed E-state index contributed by atoms with van der Waals surface area (Å²) in [7, 11) is -2.32. The minimum Gasteiger partial charge on any atom is -0.423 e. The summed E-state index contributed by atoms with van der Waals surface area (Å²) in [6.07, 6.45) is 6.39. The molecular weight excluding hydrogens is 452 g/mol. The Morgan fingerprint density at radius 3 is 2.34 bits per heavy atom. The van der Waals surface area contributed by atoms with Gasteiger partial charge < -0.3 is 4.74 Å². The second kappa shape index (κ2) is 8.81. The highest BCUT2D eigenvalue weighted by Gasteiger charge is 2.21. The second-order valence-electron chi connectivity index (χ2n) is 6.68. The molecule has 4 rings (SSSR count). The van der Waals surface area contributed by atoms with Gasteiger partial charge in [0.25, 0.3) is 10.0 Å². The Hall–Kier alpha value is -3.69. The van der Waals surface area contributed by atoms with Crippen molar-refractivity contribution < 1.29 is 17.9 Å². The van der Waals surface area contributed by atoms with Crippen LogP contribution in [-0.4, -0.2) is 36.0 Å². The predicted octanol–water partition coefficient (Wildman–Crippen LogP) is 3.97. The van der Waals surface area contributed by atoms with E-state index in [2.05, 4.69) is 9.97 Å². The maximum atomic E-state index is 12.8. The number of rotatable bonds is 6. The van der Waals surface area contributed by atoms with Crippen LogP contribution in [0.5, 0.6) is 5.75 Å². The summed E-state index contributed by atoms with van der Waals surface area (Å²) >= 11 is 5.84. The van der Waals surface area contributed by atoms with E-state index in [9.17, 15) is 13.2 Å². The number of pyridine rings is 1. The van der Waals surface area contributed by atoms with Crippen molar-refractivity contribution >= 4 is 33.3 Å². The van der Waals surface area contributed by atoms with Crippen molar-refractivity contribution in [2.75, 3.05) is 11.4 Å². The summed E-state index contributed by atoms with van der Waals surface area (Å²) < 4.78 is 33.8. The molecule has 0 fully saturated rings. The number of carbonyl (C=O) groups is 1. The van der Waals surface area contributed by atoms with Crippen LogP contribution in [0.25, 0.3) is 5.82 Å². The lowest BCUT2D eigenvalue weighted by Gasteiger charge is -2.19. The zero-order valence-corrected chi connectivity index (χ0v) is 18.4. The molecule has 0 spiro atoms. The largest absolute Gasteiger partial charge is 0.423 e. The summed E-state index contributed by atoms with van der Waals surface area (Å²) in [5.74, 6) is 0.313. The molecule has 2 aromatic heterocycles. The van der Waals surface area contributed by atoms with Gasteiger partial charge in [-0.2, -0.15) is 0 Å². The minimum absolute atomic E-state index is 0.117. The number of nitrogens with zero attached hydrogens (tertiary/aromatic N) is 4. The van der Waals surface area contributed by atoms with Gasteiger partial charge >= 0.3 is 5.97 Å². The predicted molar refractivity (Wildman–Crippen MR) is 120 cm³/mol. The maximum absolute atomic E-state index is 12.8. The van der Waals surface area contributed by atoms with Gasteiger partial charge in [-0.3, -0.25) is 8.87 Å². The number of imidazole rings is 1. The number of esters is 1. The highest BCUT2D eigenvalue weighted by atomic mass is 35.5. The molecule has 0 amide bonds. The maximum Gasteiger partial charge on any atom is 0.345 e. The summed E-state index contributed by atoms with van der Waals surface area (Å²) in [6.45, 7) is 0. The third kappa shape index (κ3) is 4.48. The summed E-state index contributed by atoms with van der Waals surface area (Å²) in [4.78, 5) is 20.7. The van der Waals surface area contributed by atoms with E-state index < -0.39 is 16.0 Å². The number of ether oxygens (including phenoxy) is 1. The lowest BCUT2D eigenvalue weighted by atomic mass is 10.2. The number of anilines is 1. The molecular formula is C22H17ClN4O4S. The monoisotopic (exact) mass is 468 g/mol. The Morgan fingerprint density at radius 2 is 1.75 bits per heavy atom. The quantitative estimate of drug-likeness (QED) is 0.314. The van der Waals surface area contributed by atoms with Crippen LogP contribution in [0.1, 0.15) is 10.4 Å². The van der Waals surface area contributed by atoms with Crippen LogP contribution >= 0.6 is 11.6 Å². The first-order valence-corrected chi connectivity index (χ1v) is 11.2. The smallest absolute Gasteiger partial charge is 0.345 e. The average Bonchev–Trinajstić information content (AvgIpc) is 3.34. The molecule has 0 unspecified atom stereocenters. The van der Waals surface area contributed by atoms with Crippen molar-refractivity contribution in [3.8, 4) is 11.6 Å². The molecule has 0 saturated heterocycles. The van der Waals surface area contributed by atoms with Gasteiger partial charge in [0, 0.05) is 30.7 Å². The number of benzene rings is 2. The number of carbonyl (C=O) groups excluding carboxylic acids is 1. The number of halogens is 1. The second-order valence-corrected chi connectivity index (χ2v) is 9.09. The van der Waals surface area contributed by atoms with Gasteiger partial charge in [-0.15, -0.1) is 0 Å². The van der Waals surface area contributed by atoms with Crippen LogP contribution < -0.4 is 9.04 Å². The lowest BCUT2D eigenvalue weighted by molar-refractivity contribution is 0.0734. The van der Waals surface area contributed by atoms with E-state index in [1.54, 1.807) is 47.6 Å². The van der Waals surface area contributed by atoms with Crippen LogP contribution in [0.15, 0.2) is 90.5 Å². The Bertz CT molecular complexity index is 1320. The minimum atomic E-state index is -3.76. The average molecular weight is 469 g/mol. The Labute approximate surface area is 189 Å². The number of hydrogen-bond acceptors (Lipinski definition) is 6. The summed E-state index contributed by atoms with van der Waals surface area (Å²) in [5, 5.41) is 0.448. The molecule has 4 aromatic rings. The topological polar surface area (TPSA) is 94.4 Å². The summed E-state index contributed by atoms with van der Waals surface area (Å²) in [5.41, 5.74) is 0.687. The normalized spacial score (nSPS) is 11.2. The first-order chi connectivity index (χ1) is 15.3. The fraction of sp³-hybridized carbons (Fsp3) is 0.0455. The van der Waals surface area contributed by atoms with Crippen LogP contribution in [0.4, 0.5) is 5.69 Å². The van der Waals surface area contributed by atoms with Gasteiger partial charge in [0.15, 0.2) is 0 Å². The van der Waals surface area contributed by atoms with E-state index in [0.29, 0.717) is 16.5 Å². The van der Waals surface area contributed by atoms with Gasteiger partial charge in [0.2, 0.25) is 0 Å². The van der Waals surface area contributed by atoms with Crippen LogP contribution in [0.3, 0.4) is 0 Å². The first-order valence-electron chi connectivity index (χ1n) is 9.36. The fourth-order valence-electron chi connectivity index (χ4n) is 2.85. The third-order valence-corrected chi connectivity index (χ3v) is 6.69. The molecule has 0 saturated carbocycles. The van der Waals surface area contributed by atoms with E-state index in [4.69, 9.17) is 16.3 Å². The lowest BCUT2D eigenvalue weighted by Crippen LogP contribution is -2.26. The van der Waals surface area contributed by atoms with Crippen molar-refractivity contribution in [3.63, 3.8) is 0 Å². The highest BCUT2D eigenvalue weighted by Crippen LogP contribution is 2.25. The fourth-order valence-corrected chi connectivity index (χ4v) is 4.17. The molecule has 2 heterocycles. The van der Waals surface area contributed by atoms with Gasteiger partial charge in [-0.05, 0) is 60.7 Å². The van der Waals surface area contributed by atoms with Crippen LogP contribution in [-0.2, 0) is 10.0 Å². The molecule has 0 bridgehead atoms. The molecule has 0 aliphatic carbocycles. The zero-order valence-electron chi connectivity index (χ0n) is 16.8. The third-order valence-electron chi connectivity index (χ3n) is 4.64. The van der Waals surface area contributed by atoms with Crippen LogP contribution in [0, 0.1) is 0 Å². The van der Waals surface area contributed by atoms with Crippen molar-refractivity contribution in [1.29, 1.82) is 0 Å². The molecule has 0 aliphatic rings. The van der Waals surface area contributed by atoms with Gasteiger partial charge in [0.1, 0.15) is 17.9 Å². The van der Waals surface area contributed by atoms with E-state index in [0.717, 1.165) is 4.31 Å². The molecule has 32 heavy (non-hydrogen) atoms. The van der Waals surface area contributed by atoms with Crippen molar-refractivity contribution in [3.05, 3.63) is 96.2 Å². The molecule has 162 valence electrons. The Kier molecular flexibility index (Phi) is 5.93. The van der Waals surface area contributed by atoms with Gasteiger partial charge in [0.05, 0.1) is 16.1 Å². The number of hydrogen-bond donors (Lipinski definition) is 0. The highest BCUT2D eigenvalue weighted by molar-refractivity contribution is 7.92. The van der Waals surface area contributed by atoms with E-state index >= 15 is 0 Å². The van der Waals surface area contributed by atoms with Gasteiger partial charge in [-0.1, -0.05) is 11.6 Å². The molecule has 0 N–H and O–H groups in total. The standard InChI is InChI=1S/C22H17ClN4O4S/c1-26(32(29,30)20-9-3-17(23)4-10-20)18-5-7-19(8-6-18)31-22(28)16-2-11-21(25-14-16)27-13-12-24-15-27/h2-15H,1H3. The van der Waals surface area contributed by atoms with Gasteiger partial charge in [-0.25, -0.2) is 23.2 Å². The molecule has 2 aromatic carbocycles. The van der Waals surface area contributed by atoms with Crippen molar-refractivity contribution in [1.82, 2.24) is 14.5 Å². The zero-order chi connectivity index (χ0) is 22.7. The Morgan fingerprint density at radius 1 is 1.03 bits per heavy atom. The number of sulfonamides is 1.